The maximum atomic E-state index is 9.13. The van der Waals surface area contributed by atoms with Gasteiger partial charge >= 0.3 is 0 Å². The van der Waals surface area contributed by atoms with E-state index in [4.69, 9.17) is 10.2 Å². The highest BCUT2D eigenvalue weighted by Gasteiger charge is 1.99. The third-order valence-electron chi connectivity index (χ3n) is 4.25. The lowest BCUT2D eigenvalue weighted by molar-refractivity contribution is 0.474. The van der Waals surface area contributed by atoms with Gasteiger partial charge in [-0.3, -0.25) is 0 Å². The van der Waals surface area contributed by atoms with Crippen molar-refractivity contribution in [1.29, 1.82) is 0 Å². The van der Waals surface area contributed by atoms with Crippen LogP contribution in [0.3, 0.4) is 0 Å². The number of thiazole rings is 2. The van der Waals surface area contributed by atoms with Crippen molar-refractivity contribution < 1.29 is 10.2 Å². The molecule has 2 aromatic heterocycles. The zero-order valence-electron chi connectivity index (χ0n) is 16.9. The van der Waals surface area contributed by atoms with Crippen LogP contribution in [-0.4, -0.2) is 20.2 Å². The summed E-state index contributed by atoms with van der Waals surface area (Å²) in [7, 11) is 0. The fourth-order valence-corrected chi connectivity index (χ4v) is 3.91. The molecule has 0 aliphatic carbocycles. The zero-order chi connectivity index (χ0) is 21.3. The van der Waals surface area contributed by atoms with Crippen molar-refractivity contribution in [2.75, 3.05) is 0 Å². The third kappa shape index (κ3) is 7.13. The number of hydrogen-bond donors (Lipinski definition) is 2. The lowest BCUT2D eigenvalue weighted by Gasteiger charge is -1.99. The highest BCUT2D eigenvalue weighted by atomic mass is 32.1. The second-order valence-electron chi connectivity index (χ2n) is 6.74. The van der Waals surface area contributed by atoms with Gasteiger partial charge in [0.1, 0.15) is 11.5 Å². The highest BCUT2D eigenvalue weighted by molar-refractivity contribution is 7.09. The number of rotatable bonds is 5. The highest BCUT2D eigenvalue weighted by Crippen LogP contribution is 2.15. The Balaban J connectivity index is 0.000000171. The van der Waals surface area contributed by atoms with Gasteiger partial charge in [-0.15, -0.1) is 22.7 Å². The molecule has 0 radical (unpaired) electrons. The summed E-state index contributed by atoms with van der Waals surface area (Å²) in [6.45, 7) is 4.01. The molecule has 2 heterocycles. The van der Waals surface area contributed by atoms with Gasteiger partial charge in [0.25, 0.3) is 0 Å². The molecule has 0 aliphatic heterocycles. The van der Waals surface area contributed by atoms with Crippen molar-refractivity contribution in [2.24, 2.45) is 0 Å². The van der Waals surface area contributed by atoms with E-state index >= 15 is 0 Å². The van der Waals surface area contributed by atoms with Gasteiger partial charge in [-0.2, -0.15) is 0 Å². The van der Waals surface area contributed by atoms with E-state index in [-0.39, 0.29) is 5.75 Å². The van der Waals surface area contributed by atoms with Crippen LogP contribution in [0.5, 0.6) is 11.5 Å². The molecular weight excluding hydrogens is 412 g/mol. The van der Waals surface area contributed by atoms with Gasteiger partial charge < -0.3 is 10.2 Å². The fraction of sp³-hybridized carbons (Fsp3) is 0.167. The Morgan fingerprint density at radius 2 is 1.33 bits per heavy atom. The number of nitrogens with zero attached hydrogens (tertiary/aromatic N) is 2. The van der Waals surface area contributed by atoms with E-state index < -0.39 is 0 Å². The van der Waals surface area contributed by atoms with Crippen LogP contribution < -0.4 is 0 Å². The van der Waals surface area contributed by atoms with Crippen LogP contribution in [-0.2, 0) is 12.8 Å². The molecule has 6 heteroatoms. The van der Waals surface area contributed by atoms with Gasteiger partial charge in [-0.25, -0.2) is 9.97 Å². The first-order chi connectivity index (χ1) is 14.5. The molecule has 0 bridgehead atoms. The van der Waals surface area contributed by atoms with E-state index in [0.717, 1.165) is 39.8 Å². The molecule has 4 aromatic rings. The van der Waals surface area contributed by atoms with E-state index in [9.17, 15) is 0 Å². The molecule has 2 aromatic carbocycles. The average Bonchev–Trinajstić information content (AvgIpc) is 3.35. The Morgan fingerprint density at radius 1 is 0.733 bits per heavy atom. The number of aryl methyl sites for hydroxylation is 4. The van der Waals surface area contributed by atoms with Crippen LogP contribution in [0.15, 0.2) is 59.3 Å². The smallest absolute Gasteiger partial charge is 0.115 e. The van der Waals surface area contributed by atoms with Gasteiger partial charge in [-0.1, -0.05) is 30.3 Å². The molecule has 2 N–H and O–H groups in total. The number of phenols is 2. The first-order valence-corrected chi connectivity index (χ1v) is 11.3. The molecule has 4 nitrogen and oxygen atoms in total. The lowest BCUT2D eigenvalue weighted by atomic mass is 10.1. The van der Waals surface area contributed by atoms with E-state index in [1.54, 1.807) is 46.9 Å². The largest absolute Gasteiger partial charge is 0.508 e. The van der Waals surface area contributed by atoms with Crippen molar-refractivity contribution in [2.45, 2.75) is 26.7 Å². The van der Waals surface area contributed by atoms with Crippen LogP contribution in [0.2, 0.25) is 0 Å². The Labute approximate surface area is 184 Å². The summed E-state index contributed by atoms with van der Waals surface area (Å²) in [6.07, 6.45) is 5.89. The van der Waals surface area contributed by atoms with Gasteiger partial charge in [0.05, 0.1) is 21.4 Å². The SMILES string of the molecule is Cc1nc(C=Cc2ccc(O)cc2)cs1.Cc1nc(CCc2ccc(O)cc2)cs1. The minimum absolute atomic E-state index is 0.289. The van der Waals surface area contributed by atoms with Crippen molar-refractivity contribution >= 4 is 34.8 Å². The molecule has 30 heavy (non-hydrogen) atoms. The molecule has 0 atom stereocenters. The predicted octanol–water partition coefficient (Wildman–Crippen LogP) is 6.27. The minimum atomic E-state index is 0.289. The zero-order valence-corrected chi connectivity index (χ0v) is 18.6. The van der Waals surface area contributed by atoms with E-state index in [2.05, 4.69) is 15.3 Å². The molecule has 0 saturated carbocycles. The summed E-state index contributed by atoms with van der Waals surface area (Å²) < 4.78 is 0. The molecule has 154 valence electrons. The molecule has 0 amide bonds. The minimum Gasteiger partial charge on any atom is -0.508 e. The molecule has 0 spiro atoms. The van der Waals surface area contributed by atoms with Crippen molar-refractivity contribution in [1.82, 2.24) is 9.97 Å². The Kier molecular flexibility index (Phi) is 7.76. The van der Waals surface area contributed by atoms with Gasteiger partial charge in [0, 0.05) is 10.8 Å². The van der Waals surface area contributed by atoms with Crippen LogP contribution in [0.1, 0.15) is 32.5 Å². The summed E-state index contributed by atoms with van der Waals surface area (Å²) >= 11 is 3.33. The summed E-state index contributed by atoms with van der Waals surface area (Å²) in [5.41, 5.74) is 4.42. The Morgan fingerprint density at radius 3 is 1.90 bits per heavy atom. The Bertz CT molecular complexity index is 1080. The van der Waals surface area contributed by atoms with Crippen LogP contribution >= 0.6 is 22.7 Å². The maximum absolute atomic E-state index is 9.13. The fourth-order valence-electron chi connectivity index (χ4n) is 2.68. The van der Waals surface area contributed by atoms with E-state index in [1.807, 2.05) is 55.6 Å². The first kappa shape index (κ1) is 21.7. The van der Waals surface area contributed by atoms with E-state index in [0.29, 0.717) is 5.75 Å². The van der Waals surface area contributed by atoms with Crippen LogP contribution in [0, 0.1) is 13.8 Å². The maximum Gasteiger partial charge on any atom is 0.115 e. The predicted molar refractivity (Wildman–Crippen MR) is 126 cm³/mol. The van der Waals surface area contributed by atoms with Crippen molar-refractivity contribution in [3.8, 4) is 11.5 Å². The second kappa shape index (κ2) is 10.7. The van der Waals surface area contributed by atoms with Gasteiger partial charge in [-0.05, 0) is 68.2 Å². The van der Waals surface area contributed by atoms with E-state index in [1.165, 1.54) is 5.56 Å². The molecule has 0 saturated heterocycles. The number of hydrogen-bond acceptors (Lipinski definition) is 6. The third-order valence-corrected chi connectivity index (χ3v) is 5.86. The molecule has 4 rings (SSSR count). The normalized spacial score (nSPS) is 10.7. The molecular formula is C24H24N2O2S2. The number of aromatic nitrogens is 2. The summed E-state index contributed by atoms with van der Waals surface area (Å²) in [5.74, 6) is 0.611. The van der Waals surface area contributed by atoms with Crippen LogP contribution in [0.25, 0.3) is 12.2 Å². The topological polar surface area (TPSA) is 66.2 Å². The first-order valence-electron chi connectivity index (χ1n) is 9.56. The monoisotopic (exact) mass is 436 g/mol. The standard InChI is InChI=1S/C12H13NOS.C12H11NOS/c2*1-9-13-11(8-15-9)5-2-10-3-6-12(14)7-4-10/h3-4,6-8,14H,2,5H2,1H3;2-8,14H,1H3. The number of phenolic OH excluding ortho intramolecular Hbond substituents is 2. The second-order valence-corrected chi connectivity index (χ2v) is 8.87. The molecule has 0 fully saturated rings. The van der Waals surface area contributed by atoms with Gasteiger partial charge in [0.15, 0.2) is 0 Å². The quantitative estimate of drug-likeness (QED) is 0.387. The van der Waals surface area contributed by atoms with Crippen molar-refractivity contribution in [3.63, 3.8) is 0 Å². The number of benzene rings is 2. The summed E-state index contributed by atoms with van der Waals surface area (Å²) in [4.78, 5) is 8.74. The van der Waals surface area contributed by atoms with Crippen LogP contribution in [0.4, 0.5) is 0 Å². The average molecular weight is 437 g/mol. The summed E-state index contributed by atoms with van der Waals surface area (Å²) in [5, 5.41) is 24.6. The van der Waals surface area contributed by atoms with Crippen molar-refractivity contribution in [3.05, 3.63) is 91.8 Å². The molecule has 0 unspecified atom stereocenters. The summed E-state index contributed by atoms with van der Waals surface area (Å²) in [6, 6.07) is 14.4. The lowest BCUT2D eigenvalue weighted by Crippen LogP contribution is -1.91. The molecule has 0 aliphatic rings. The Hall–Kier alpha value is -2.96. The number of aromatic hydroxyl groups is 2. The van der Waals surface area contributed by atoms with Gasteiger partial charge in [0.2, 0.25) is 0 Å².